The molecule has 82 valence electrons. The van der Waals surface area contributed by atoms with Gasteiger partial charge < -0.3 is 10.8 Å². The Morgan fingerprint density at radius 1 is 1.06 bits per heavy atom. The lowest BCUT2D eigenvalue weighted by atomic mass is 10.3. The van der Waals surface area contributed by atoms with Crippen molar-refractivity contribution in [1.29, 1.82) is 0 Å². The summed E-state index contributed by atoms with van der Waals surface area (Å²) >= 11 is 0. The van der Waals surface area contributed by atoms with E-state index in [0.717, 1.165) is 11.0 Å². The summed E-state index contributed by atoms with van der Waals surface area (Å²) in [7, 11) is 0. The van der Waals surface area contributed by atoms with Gasteiger partial charge in [0.15, 0.2) is 0 Å². The first-order chi connectivity index (χ1) is 7.61. The number of carbonyl (C=O) groups excluding carboxylic acids is 1. The second-order valence-electron chi connectivity index (χ2n) is 2.71. The molecule has 0 atom stereocenters. The molecule has 3 N–H and O–H groups in total. The molecule has 0 fully saturated rings. The van der Waals surface area contributed by atoms with Crippen LogP contribution in [0.15, 0.2) is 36.7 Å². The van der Waals surface area contributed by atoms with Gasteiger partial charge in [0.25, 0.3) is 0 Å². The highest BCUT2D eigenvalue weighted by Gasteiger charge is 2.00. The molecule has 16 heavy (non-hydrogen) atoms. The highest BCUT2D eigenvalue weighted by Crippen LogP contribution is 2.04. The summed E-state index contributed by atoms with van der Waals surface area (Å²) in [6.07, 6.45) is 3.54. The number of aromatic nitrogens is 2. The van der Waals surface area contributed by atoms with Gasteiger partial charge in [0, 0.05) is 12.4 Å². The zero-order valence-electron chi connectivity index (χ0n) is 8.20. The normalized spacial score (nSPS) is 9.00. The number of fused-ring (bicyclic) bond motifs is 1. The molecule has 0 spiro atoms. The minimum atomic E-state index is -1.60. The Labute approximate surface area is 90.7 Å². The number of pyridine rings is 2. The first-order valence-corrected chi connectivity index (χ1v) is 4.29. The van der Waals surface area contributed by atoms with E-state index in [-0.39, 0.29) is 0 Å². The molecule has 0 aromatic carbocycles. The maximum atomic E-state index is 9.32. The maximum Gasteiger partial charge on any atom is 0.394 e. The molecule has 0 aliphatic heterocycles. The molecule has 2 rings (SSSR count). The smallest absolute Gasteiger partial charge is 0.394 e. The van der Waals surface area contributed by atoms with E-state index in [1.54, 1.807) is 12.4 Å². The molecule has 0 unspecified atom stereocenters. The molecule has 0 saturated carbocycles. The molecule has 0 radical (unpaired) electrons. The third kappa shape index (κ3) is 3.33. The van der Waals surface area contributed by atoms with Gasteiger partial charge in [0.1, 0.15) is 0 Å². The fraction of sp³-hybridized carbons (Fsp3) is 0. The van der Waals surface area contributed by atoms with Crippen LogP contribution in [0.2, 0.25) is 0 Å². The zero-order valence-corrected chi connectivity index (χ0v) is 8.20. The number of hydrogen-bond donors (Lipinski definition) is 2. The highest BCUT2D eigenvalue weighted by molar-refractivity contribution is 6.30. The number of primary amides is 1. The van der Waals surface area contributed by atoms with Crippen LogP contribution in [0.5, 0.6) is 0 Å². The number of hydrogen-bond acceptors (Lipinski definition) is 4. The molecule has 2 aromatic heterocycles. The van der Waals surface area contributed by atoms with Crippen LogP contribution in [0.3, 0.4) is 0 Å². The predicted octanol–water partition coefficient (Wildman–Crippen LogP) is 0.186. The highest BCUT2D eigenvalue weighted by atomic mass is 16.4. The summed E-state index contributed by atoms with van der Waals surface area (Å²) in [5.74, 6) is -2.93. The number of carboxylic acid groups (broad SMARTS) is 1. The number of carbonyl (C=O) groups is 2. The minimum Gasteiger partial charge on any atom is -0.474 e. The maximum absolute atomic E-state index is 9.32. The number of rotatable bonds is 0. The van der Waals surface area contributed by atoms with Crippen LogP contribution < -0.4 is 5.73 Å². The van der Waals surface area contributed by atoms with Crippen LogP contribution in [-0.4, -0.2) is 27.0 Å². The van der Waals surface area contributed by atoms with Gasteiger partial charge in [-0.1, -0.05) is 0 Å². The van der Waals surface area contributed by atoms with E-state index in [2.05, 4.69) is 15.7 Å². The molecule has 0 bridgehead atoms. The first kappa shape index (κ1) is 11.6. The van der Waals surface area contributed by atoms with Crippen molar-refractivity contribution in [3.8, 4) is 0 Å². The summed E-state index contributed by atoms with van der Waals surface area (Å²) in [5.41, 5.74) is 6.09. The summed E-state index contributed by atoms with van der Waals surface area (Å²) in [6.45, 7) is 0. The van der Waals surface area contributed by atoms with Gasteiger partial charge in [-0.15, -0.1) is 0 Å². The molecule has 6 heteroatoms. The summed E-state index contributed by atoms with van der Waals surface area (Å²) in [5, 5.41) is 7.52. The number of nitrogens with zero attached hydrogens (tertiary/aromatic N) is 2. The predicted molar refractivity (Wildman–Crippen MR) is 56.4 cm³/mol. The molecular formula is C10H9N3O3. The Bertz CT molecular complexity index is 436. The van der Waals surface area contributed by atoms with Crippen LogP contribution in [0, 0.1) is 0 Å². The molecular weight excluding hydrogens is 210 g/mol. The van der Waals surface area contributed by atoms with Crippen molar-refractivity contribution < 1.29 is 14.7 Å². The molecule has 0 aliphatic rings. The zero-order chi connectivity index (χ0) is 12.0. The number of nitrogens with two attached hydrogens (primary N) is 1. The number of amides is 1. The van der Waals surface area contributed by atoms with Crippen LogP contribution in [0.1, 0.15) is 0 Å². The van der Waals surface area contributed by atoms with E-state index in [9.17, 15) is 9.59 Å². The van der Waals surface area contributed by atoms with Crippen LogP contribution >= 0.6 is 0 Å². The molecule has 0 saturated heterocycles. The fourth-order valence-electron chi connectivity index (χ4n) is 0.904. The van der Waals surface area contributed by atoms with Crippen molar-refractivity contribution in [1.82, 2.24) is 9.97 Å². The Morgan fingerprint density at radius 3 is 1.75 bits per heavy atom. The van der Waals surface area contributed by atoms with E-state index < -0.39 is 11.9 Å². The minimum absolute atomic E-state index is 0.949. The average molecular weight is 219 g/mol. The second-order valence-corrected chi connectivity index (χ2v) is 2.71. The van der Waals surface area contributed by atoms with Crippen molar-refractivity contribution in [2.45, 2.75) is 0 Å². The Hall–Kier alpha value is -2.50. The van der Waals surface area contributed by atoms with Gasteiger partial charge >= 0.3 is 11.9 Å². The van der Waals surface area contributed by atoms with Gasteiger partial charge in [-0.2, -0.15) is 0 Å². The summed E-state index contributed by atoms with van der Waals surface area (Å²) < 4.78 is 0. The molecule has 2 heterocycles. The Balaban J connectivity index is 0.000000187. The van der Waals surface area contributed by atoms with Crippen LogP contribution in [0.25, 0.3) is 11.0 Å². The topological polar surface area (TPSA) is 106 Å². The van der Waals surface area contributed by atoms with Gasteiger partial charge in [-0.05, 0) is 24.3 Å². The van der Waals surface area contributed by atoms with Crippen LogP contribution in [0.4, 0.5) is 0 Å². The standard InChI is InChI=1S/C8H6N2.C2H3NO3/c1-3-7-8(9-5-1)4-2-6-10-7;3-1(4)2(5)6/h1-6H;(H2,3,4)(H,5,6). The molecule has 6 nitrogen and oxygen atoms in total. The van der Waals surface area contributed by atoms with Crippen LogP contribution in [-0.2, 0) is 9.59 Å². The van der Waals surface area contributed by atoms with E-state index >= 15 is 0 Å². The second kappa shape index (κ2) is 5.40. The molecule has 1 amide bonds. The third-order valence-corrected chi connectivity index (χ3v) is 1.58. The van der Waals surface area contributed by atoms with Crippen molar-refractivity contribution in [3.05, 3.63) is 36.7 Å². The van der Waals surface area contributed by atoms with Crippen molar-refractivity contribution in [2.24, 2.45) is 5.73 Å². The van der Waals surface area contributed by atoms with E-state index in [4.69, 9.17) is 5.11 Å². The number of carboxylic acids is 1. The van der Waals surface area contributed by atoms with Gasteiger partial charge in [-0.25, -0.2) is 4.79 Å². The van der Waals surface area contributed by atoms with Gasteiger partial charge in [-0.3, -0.25) is 14.8 Å². The first-order valence-electron chi connectivity index (χ1n) is 4.29. The van der Waals surface area contributed by atoms with E-state index in [1.807, 2.05) is 24.3 Å². The summed E-state index contributed by atoms with van der Waals surface area (Å²) in [4.78, 5) is 26.8. The van der Waals surface area contributed by atoms with Gasteiger partial charge in [0.05, 0.1) is 11.0 Å². The fourth-order valence-corrected chi connectivity index (χ4v) is 0.904. The van der Waals surface area contributed by atoms with Crippen molar-refractivity contribution >= 4 is 22.9 Å². The third-order valence-electron chi connectivity index (χ3n) is 1.58. The molecule has 0 aliphatic carbocycles. The van der Waals surface area contributed by atoms with Crippen molar-refractivity contribution in [3.63, 3.8) is 0 Å². The SMILES string of the molecule is NC(=O)C(=O)O.c1cnc2cccnc2c1. The summed E-state index contributed by atoms with van der Waals surface area (Å²) in [6, 6.07) is 7.66. The molecule has 2 aromatic rings. The van der Waals surface area contributed by atoms with Crippen molar-refractivity contribution in [2.75, 3.05) is 0 Å². The Morgan fingerprint density at radius 2 is 1.44 bits per heavy atom. The largest absolute Gasteiger partial charge is 0.474 e. The average Bonchev–Trinajstić information content (AvgIpc) is 2.30. The lowest BCUT2D eigenvalue weighted by Crippen LogP contribution is -2.21. The quantitative estimate of drug-likeness (QED) is 0.615. The van der Waals surface area contributed by atoms with E-state index in [0.29, 0.717) is 0 Å². The lowest BCUT2D eigenvalue weighted by molar-refractivity contribution is -0.148. The Kier molecular flexibility index (Phi) is 3.90. The van der Waals surface area contributed by atoms with Gasteiger partial charge in [0.2, 0.25) is 0 Å². The monoisotopic (exact) mass is 219 g/mol. The van der Waals surface area contributed by atoms with E-state index in [1.165, 1.54) is 0 Å². The number of aliphatic carboxylic acids is 1. The lowest BCUT2D eigenvalue weighted by Gasteiger charge is -1.90.